The molecule has 3 rings (SSSR count). The average molecular weight is 394 g/mol. The molecule has 0 saturated carbocycles. The van der Waals surface area contributed by atoms with Gasteiger partial charge in [-0.05, 0) is 41.5 Å². The van der Waals surface area contributed by atoms with E-state index in [1.54, 1.807) is 36.4 Å². The number of nitrogens with zero attached hydrogens (tertiary/aromatic N) is 2. The molecule has 0 radical (unpaired) electrons. The molecule has 1 fully saturated rings. The zero-order valence-electron chi connectivity index (χ0n) is 15.8. The minimum Gasteiger partial charge on any atom is -0.489 e. The molecule has 1 aliphatic heterocycles. The highest BCUT2D eigenvalue weighted by molar-refractivity contribution is 6.30. The van der Waals surface area contributed by atoms with Crippen LogP contribution in [0.5, 0.6) is 5.75 Å². The van der Waals surface area contributed by atoms with E-state index in [1.807, 2.05) is 0 Å². The van der Waals surface area contributed by atoms with Crippen molar-refractivity contribution in [2.45, 2.75) is 6.61 Å². The molecular formula is C21H18N2O6. The molecule has 0 spiro atoms. The van der Waals surface area contributed by atoms with Crippen molar-refractivity contribution in [3.05, 3.63) is 70.8 Å². The van der Waals surface area contributed by atoms with Gasteiger partial charge in [-0.2, -0.15) is 0 Å². The number of carbonyl (C=O) groups excluding carboxylic acids is 3. The number of ether oxygens (including phenoxy) is 1. The molecule has 8 nitrogen and oxygen atoms in total. The van der Waals surface area contributed by atoms with E-state index in [0.717, 1.165) is 9.80 Å². The van der Waals surface area contributed by atoms with Gasteiger partial charge >= 0.3 is 12.0 Å². The van der Waals surface area contributed by atoms with E-state index in [0.29, 0.717) is 16.9 Å². The first-order valence-corrected chi connectivity index (χ1v) is 8.65. The van der Waals surface area contributed by atoms with Crippen molar-refractivity contribution < 1.29 is 29.0 Å². The smallest absolute Gasteiger partial charge is 0.335 e. The molecule has 2 aromatic carbocycles. The Morgan fingerprint density at radius 3 is 2.21 bits per heavy atom. The number of amides is 4. The highest BCUT2D eigenvalue weighted by Crippen LogP contribution is 2.20. The van der Waals surface area contributed by atoms with Gasteiger partial charge in [0.25, 0.3) is 11.8 Å². The lowest BCUT2D eigenvalue weighted by atomic mass is 10.1. The Labute approximate surface area is 166 Å². The van der Waals surface area contributed by atoms with E-state index in [-0.39, 0.29) is 17.7 Å². The molecular weight excluding hydrogens is 376 g/mol. The van der Waals surface area contributed by atoms with Crippen LogP contribution in [0, 0.1) is 0 Å². The molecule has 1 aliphatic rings. The monoisotopic (exact) mass is 394 g/mol. The molecule has 0 aliphatic carbocycles. The second-order valence-electron chi connectivity index (χ2n) is 6.43. The Kier molecular flexibility index (Phi) is 5.45. The number of carboxylic acid groups (broad SMARTS) is 1. The van der Waals surface area contributed by atoms with Gasteiger partial charge in [-0.3, -0.25) is 19.4 Å². The van der Waals surface area contributed by atoms with Gasteiger partial charge in [-0.1, -0.05) is 24.3 Å². The van der Waals surface area contributed by atoms with E-state index in [9.17, 15) is 19.2 Å². The van der Waals surface area contributed by atoms with Crippen molar-refractivity contribution in [2.75, 3.05) is 14.1 Å². The maximum Gasteiger partial charge on any atom is 0.335 e. The zero-order valence-corrected chi connectivity index (χ0v) is 15.8. The summed E-state index contributed by atoms with van der Waals surface area (Å²) in [7, 11) is 2.63. The average Bonchev–Trinajstić information content (AvgIpc) is 2.73. The van der Waals surface area contributed by atoms with Gasteiger partial charge in [0.1, 0.15) is 17.9 Å². The first kappa shape index (κ1) is 19.8. The number of aromatic carboxylic acids is 1. The summed E-state index contributed by atoms with van der Waals surface area (Å²) in [5.41, 5.74) is 1.39. The van der Waals surface area contributed by atoms with E-state index < -0.39 is 23.8 Å². The van der Waals surface area contributed by atoms with E-state index >= 15 is 0 Å². The van der Waals surface area contributed by atoms with Crippen LogP contribution in [0.4, 0.5) is 4.79 Å². The second kappa shape index (κ2) is 7.97. The number of barbiturate groups is 1. The number of imide groups is 2. The van der Waals surface area contributed by atoms with Crippen LogP contribution >= 0.6 is 0 Å². The van der Waals surface area contributed by atoms with Crippen molar-refractivity contribution in [3.8, 4) is 5.75 Å². The summed E-state index contributed by atoms with van der Waals surface area (Å²) >= 11 is 0. The molecule has 1 heterocycles. The van der Waals surface area contributed by atoms with Gasteiger partial charge in [0.05, 0.1) is 5.56 Å². The Balaban J connectivity index is 1.72. The quantitative estimate of drug-likeness (QED) is 0.617. The number of benzene rings is 2. The van der Waals surface area contributed by atoms with Gasteiger partial charge < -0.3 is 9.84 Å². The topological polar surface area (TPSA) is 104 Å². The third-order valence-corrected chi connectivity index (χ3v) is 4.41. The molecule has 29 heavy (non-hydrogen) atoms. The minimum absolute atomic E-state index is 0.103. The standard InChI is InChI=1S/C21H18N2O6/c1-22-18(24)17(19(25)23(2)21(22)28)11-13-6-8-16(9-7-13)29-12-14-4-3-5-15(10-14)20(26)27/h3-11H,12H2,1-2H3,(H,26,27). The van der Waals surface area contributed by atoms with Crippen LogP contribution in [0.15, 0.2) is 54.1 Å². The van der Waals surface area contributed by atoms with Gasteiger partial charge in [0, 0.05) is 14.1 Å². The summed E-state index contributed by atoms with van der Waals surface area (Å²) in [5, 5.41) is 9.03. The Hall–Kier alpha value is -3.94. The minimum atomic E-state index is -1.01. The summed E-state index contributed by atoms with van der Waals surface area (Å²) < 4.78 is 5.65. The maximum atomic E-state index is 12.2. The number of hydrogen-bond donors (Lipinski definition) is 1. The summed E-state index contributed by atoms with van der Waals surface area (Å²) in [4.78, 5) is 49.0. The predicted octanol–water partition coefficient (Wildman–Crippen LogP) is 2.40. The van der Waals surface area contributed by atoms with Gasteiger partial charge in [0.2, 0.25) is 0 Å². The van der Waals surface area contributed by atoms with E-state index in [1.165, 1.54) is 32.3 Å². The third kappa shape index (κ3) is 4.16. The lowest BCUT2D eigenvalue weighted by Gasteiger charge is -2.28. The van der Waals surface area contributed by atoms with Gasteiger partial charge in [0.15, 0.2) is 0 Å². The second-order valence-corrected chi connectivity index (χ2v) is 6.43. The van der Waals surface area contributed by atoms with Crippen LogP contribution < -0.4 is 4.74 Å². The maximum absolute atomic E-state index is 12.2. The summed E-state index contributed by atoms with van der Waals surface area (Å²) in [6, 6.07) is 12.5. The Morgan fingerprint density at radius 2 is 1.62 bits per heavy atom. The van der Waals surface area contributed by atoms with E-state index in [4.69, 9.17) is 9.84 Å². The third-order valence-electron chi connectivity index (χ3n) is 4.41. The van der Waals surface area contributed by atoms with Crippen LogP contribution in [0.2, 0.25) is 0 Å². The van der Waals surface area contributed by atoms with Crippen molar-refractivity contribution in [1.29, 1.82) is 0 Å². The fourth-order valence-electron chi connectivity index (χ4n) is 2.76. The highest BCUT2D eigenvalue weighted by atomic mass is 16.5. The lowest BCUT2D eigenvalue weighted by Crippen LogP contribution is -2.52. The van der Waals surface area contributed by atoms with Crippen molar-refractivity contribution in [1.82, 2.24) is 9.80 Å². The summed E-state index contributed by atoms with van der Waals surface area (Å²) in [6.07, 6.45) is 1.42. The van der Waals surface area contributed by atoms with Crippen LogP contribution in [0.25, 0.3) is 6.08 Å². The van der Waals surface area contributed by atoms with Crippen molar-refractivity contribution in [3.63, 3.8) is 0 Å². The molecule has 0 unspecified atom stereocenters. The largest absolute Gasteiger partial charge is 0.489 e. The Morgan fingerprint density at radius 1 is 1.00 bits per heavy atom. The SMILES string of the molecule is CN1C(=O)C(=Cc2ccc(OCc3cccc(C(=O)O)c3)cc2)C(=O)N(C)C1=O. The van der Waals surface area contributed by atoms with Crippen LogP contribution in [0.1, 0.15) is 21.5 Å². The molecule has 0 bridgehead atoms. The van der Waals surface area contributed by atoms with Crippen LogP contribution in [0.3, 0.4) is 0 Å². The van der Waals surface area contributed by atoms with Crippen molar-refractivity contribution in [2.24, 2.45) is 0 Å². The van der Waals surface area contributed by atoms with Crippen molar-refractivity contribution >= 4 is 29.9 Å². The molecule has 1 saturated heterocycles. The molecule has 148 valence electrons. The number of likely N-dealkylation sites (N-methyl/N-ethyl adjacent to an activating group) is 2. The predicted molar refractivity (Wildman–Crippen MR) is 103 cm³/mol. The number of carbonyl (C=O) groups is 4. The van der Waals surface area contributed by atoms with Gasteiger partial charge in [-0.25, -0.2) is 9.59 Å². The van der Waals surface area contributed by atoms with Gasteiger partial charge in [-0.15, -0.1) is 0 Å². The number of hydrogen-bond acceptors (Lipinski definition) is 5. The number of carboxylic acids is 1. The highest BCUT2D eigenvalue weighted by Gasteiger charge is 2.37. The molecule has 2 aromatic rings. The Bertz CT molecular complexity index is 1000. The first-order valence-electron chi connectivity index (χ1n) is 8.65. The normalized spacial score (nSPS) is 14.3. The van der Waals surface area contributed by atoms with Crippen LogP contribution in [-0.2, 0) is 16.2 Å². The summed E-state index contributed by atoms with van der Waals surface area (Å²) in [5.74, 6) is -1.78. The first-order chi connectivity index (χ1) is 13.8. The fraction of sp³-hybridized carbons (Fsp3) is 0.143. The molecule has 0 atom stereocenters. The zero-order chi connectivity index (χ0) is 21.1. The molecule has 8 heteroatoms. The number of rotatable bonds is 5. The van der Waals surface area contributed by atoms with E-state index in [2.05, 4.69) is 0 Å². The van der Waals surface area contributed by atoms with Crippen LogP contribution in [-0.4, -0.2) is 52.8 Å². The molecule has 4 amide bonds. The number of urea groups is 1. The fourth-order valence-corrected chi connectivity index (χ4v) is 2.76. The summed E-state index contributed by atoms with van der Waals surface area (Å²) in [6.45, 7) is 0.191. The lowest BCUT2D eigenvalue weighted by molar-refractivity contribution is -0.134. The molecule has 0 aromatic heterocycles. The molecule has 1 N–H and O–H groups in total.